The lowest BCUT2D eigenvalue weighted by Crippen LogP contribution is -2.45. The van der Waals surface area contributed by atoms with Crippen LogP contribution in [0.2, 0.25) is 0 Å². The smallest absolute Gasteiger partial charge is 0.236 e. The number of carbonyl (C=O) groups excluding carboxylic acids is 1. The Morgan fingerprint density at radius 2 is 1.82 bits per heavy atom. The van der Waals surface area contributed by atoms with E-state index in [1.807, 2.05) is 4.90 Å². The van der Waals surface area contributed by atoms with Gasteiger partial charge in [-0.05, 0) is 32.6 Å². The predicted octanol–water partition coefficient (Wildman–Crippen LogP) is 2.41. The molecule has 17 heavy (non-hydrogen) atoms. The van der Waals surface area contributed by atoms with Gasteiger partial charge in [0.15, 0.2) is 0 Å². The topological polar surface area (TPSA) is 32.3 Å². The molecule has 1 aliphatic rings. The molecule has 100 valence electrons. The summed E-state index contributed by atoms with van der Waals surface area (Å²) in [6.07, 6.45) is 5.09. The lowest BCUT2D eigenvalue weighted by atomic mass is 10.1. The second kappa shape index (κ2) is 7.00. The van der Waals surface area contributed by atoms with Gasteiger partial charge in [-0.2, -0.15) is 0 Å². The molecule has 0 spiro atoms. The van der Waals surface area contributed by atoms with Crippen molar-refractivity contribution in [1.29, 1.82) is 0 Å². The van der Waals surface area contributed by atoms with Crippen LogP contribution in [-0.4, -0.2) is 36.0 Å². The molecule has 0 heterocycles. The van der Waals surface area contributed by atoms with E-state index in [1.165, 1.54) is 25.7 Å². The first-order chi connectivity index (χ1) is 8.00. The van der Waals surface area contributed by atoms with Gasteiger partial charge in [-0.1, -0.05) is 26.7 Å². The van der Waals surface area contributed by atoms with E-state index in [4.69, 9.17) is 0 Å². The minimum Gasteiger partial charge on any atom is -0.339 e. The molecule has 1 N–H and O–H groups in total. The summed E-state index contributed by atoms with van der Waals surface area (Å²) in [5.74, 6) is 0.786. The van der Waals surface area contributed by atoms with Gasteiger partial charge in [-0.25, -0.2) is 0 Å². The fraction of sp³-hybridized carbons (Fsp3) is 0.929. The van der Waals surface area contributed by atoms with Crippen LogP contribution >= 0.6 is 0 Å². The molecule has 1 rings (SSSR count). The molecule has 0 aromatic carbocycles. The van der Waals surface area contributed by atoms with Crippen LogP contribution in [0.3, 0.4) is 0 Å². The Labute approximate surface area is 106 Å². The number of carbonyl (C=O) groups is 1. The van der Waals surface area contributed by atoms with Crippen LogP contribution in [0.5, 0.6) is 0 Å². The summed E-state index contributed by atoms with van der Waals surface area (Å²) in [6.45, 7) is 9.88. The van der Waals surface area contributed by atoms with Gasteiger partial charge in [0.25, 0.3) is 0 Å². The second-order valence-electron chi connectivity index (χ2n) is 5.90. The molecule has 0 aliphatic heterocycles. The Kier molecular flexibility index (Phi) is 5.96. The minimum atomic E-state index is 0.251. The first-order valence-corrected chi connectivity index (χ1v) is 7.03. The summed E-state index contributed by atoms with van der Waals surface area (Å²) in [6, 6.07) is 0.877. The molecule has 0 unspecified atom stereocenters. The molecular weight excluding hydrogens is 212 g/mol. The molecule has 3 heteroatoms. The van der Waals surface area contributed by atoms with E-state index in [0.717, 1.165) is 6.54 Å². The van der Waals surface area contributed by atoms with Crippen LogP contribution in [-0.2, 0) is 4.79 Å². The van der Waals surface area contributed by atoms with Crippen molar-refractivity contribution in [3.63, 3.8) is 0 Å². The Morgan fingerprint density at radius 1 is 1.24 bits per heavy atom. The van der Waals surface area contributed by atoms with Gasteiger partial charge < -0.3 is 10.2 Å². The second-order valence-corrected chi connectivity index (χ2v) is 5.90. The third-order valence-corrected chi connectivity index (χ3v) is 3.40. The molecule has 1 amide bonds. The number of amides is 1. The van der Waals surface area contributed by atoms with Gasteiger partial charge in [-0.3, -0.25) is 4.79 Å². The Bertz CT molecular complexity index is 232. The van der Waals surface area contributed by atoms with Crippen LogP contribution in [0.4, 0.5) is 0 Å². The third kappa shape index (κ3) is 5.07. The van der Waals surface area contributed by atoms with Crippen LogP contribution < -0.4 is 5.32 Å². The fourth-order valence-electron chi connectivity index (χ4n) is 2.46. The molecule has 0 radical (unpaired) electrons. The quantitative estimate of drug-likeness (QED) is 0.773. The van der Waals surface area contributed by atoms with Crippen LogP contribution in [0.25, 0.3) is 0 Å². The highest BCUT2D eigenvalue weighted by molar-refractivity contribution is 5.78. The zero-order chi connectivity index (χ0) is 12.8. The van der Waals surface area contributed by atoms with E-state index < -0.39 is 0 Å². The van der Waals surface area contributed by atoms with E-state index in [1.54, 1.807) is 0 Å². The van der Waals surface area contributed by atoms with E-state index in [2.05, 4.69) is 33.0 Å². The number of hydrogen-bond donors (Lipinski definition) is 1. The van der Waals surface area contributed by atoms with E-state index in [-0.39, 0.29) is 5.91 Å². The van der Waals surface area contributed by atoms with Crippen molar-refractivity contribution >= 4 is 5.91 Å². The molecule has 0 bridgehead atoms. The largest absolute Gasteiger partial charge is 0.339 e. The zero-order valence-electron chi connectivity index (χ0n) is 11.8. The summed E-state index contributed by atoms with van der Waals surface area (Å²) in [5.41, 5.74) is 0. The average Bonchev–Trinajstić information content (AvgIpc) is 2.74. The zero-order valence-corrected chi connectivity index (χ0v) is 11.8. The number of rotatable bonds is 6. The highest BCUT2D eigenvalue weighted by Crippen LogP contribution is 2.17. The number of nitrogens with zero attached hydrogens (tertiary/aromatic N) is 1. The summed E-state index contributed by atoms with van der Waals surface area (Å²) < 4.78 is 0. The maximum atomic E-state index is 12.1. The van der Waals surface area contributed by atoms with Crippen LogP contribution in [0, 0.1) is 5.92 Å². The lowest BCUT2D eigenvalue weighted by molar-refractivity contribution is -0.132. The minimum absolute atomic E-state index is 0.251. The lowest BCUT2D eigenvalue weighted by Gasteiger charge is -2.29. The maximum Gasteiger partial charge on any atom is 0.236 e. The van der Waals surface area contributed by atoms with Crippen molar-refractivity contribution in [1.82, 2.24) is 10.2 Å². The van der Waals surface area contributed by atoms with Crippen LogP contribution in [0.1, 0.15) is 53.4 Å². The Balaban J connectivity index is 2.35. The predicted molar refractivity (Wildman–Crippen MR) is 71.9 cm³/mol. The van der Waals surface area contributed by atoms with Crippen molar-refractivity contribution in [2.75, 3.05) is 13.1 Å². The van der Waals surface area contributed by atoms with Crippen molar-refractivity contribution in [2.45, 2.75) is 65.5 Å². The molecule has 1 saturated carbocycles. The summed E-state index contributed by atoms with van der Waals surface area (Å²) >= 11 is 0. The molecule has 0 aromatic rings. The molecule has 0 atom stereocenters. The molecule has 1 aliphatic carbocycles. The number of nitrogens with one attached hydrogen (secondary N) is 1. The molecule has 1 fully saturated rings. The summed E-state index contributed by atoms with van der Waals surface area (Å²) in [7, 11) is 0. The van der Waals surface area contributed by atoms with Crippen molar-refractivity contribution in [3.8, 4) is 0 Å². The van der Waals surface area contributed by atoms with Gasteiger partial charge in [0, 0.05) is 18.6 Å². The van der Waals surface area contributed by atoms with Crippen molar-refractivity contribution in [3.05, 3.63) is 0 Å². The standard InChI is InChI=1S/C14H28N2O/c1-11(2)10-16(12(3)4)14(17)9-15-13-7-5-6-8-13/h11-13,15H,5-10H2,1-4H3. The number of hydrogen-bond acceptors (Lipinski definition) is 2. The first-order valence-electron chi connectivity index (χ1n) is 7.03. The van der Waals surface area contributed by atoms with Crippen molar-refractivity contribution in [2.24, 2.45) is 5.92 Å². The SMILES string of the molecule is CC(C)CN(C(=O)CNC1CCCC1)C(C)C. The maximum absolute atomic E-state index is 12.1. The Hall–Kier alpha value is -0.570. The molecule has 0 aromatic heterocycles. The highest BCUT2D eigenvalue weighted by Gasteiger charge is 2.20. The van der Waals surface area contributed by atoms with E-state index in [9.17, 15) is 4.79 Å². The molecular formula is C14H28N2O. The van der Waals surface area contributed by atoms with Crippen molar-refractivity contribution < 1.29 is 4.79 Å². The monoisotopic (exact) mass is 240 g/mol. The van der Waals surface area contributed by atoms with Gasteiger partial charge in [0.1, 0.15) is 0 Å². The van der Waals surface area contributed by atoms with E-state index >= 15 is 0 Å². The fourth-order valence-corrected chi connectivity index (χ4v) is 2.46. The van der Waals surface area contributed by atoms with Gasteiger partial charge >= 0.3 is 0 Å². The van der Waals surface area contributed by atoms with Gasteiger partial charge in [0.05, 0.1) is 6.54 Å². The highest BCUT2D eigenvalue weighted by atomic mass is 16.2. The van der Waals surface area contributed by atoms with E-state index in [0.29, 0.717) is 24.5 Å². The molecule has 0 saturated heterocycles. The summed E-state index contributed by atoms with van der Waals surface area (Å²) in [4.78, 5) is 14.1. The van der Waals surface area contributed by atoms with Gasteiger partial charge in [-0.15, -0.1) is 0 Å². The normalized spacial score (nSPS) is 17.1. The van der Waals surface area contributed by atoms with Crippen LogP contribution in [0.15, 0.2) is 0 Å². The van der Waals surface area contributed by atoms with Gasteiger partial charge in [0.2, 0.25) is 5.91 Å². The molecule has 3 nitrogen and oxygen atoms in total. The Morgan fingerprint density at radius 3 is 2.29 bits per heavy atom. The first kappa shape index (κ1) is 14.5. The third-order valence-electron chi connectivity index (χ3n) is 3.40. The summed E-state index contributed by atoms with van der Waals surface area (Å²) in [5, 5.41) is 3.40. The average molecular weight is 240 g/mol.